The summed E-state index contributed by atoms with van der Waals surface area (Å²) in [6.45, 7) is 2.92. The summed E-state index contributed by atoms with van der Waals surface area (Å²) in [5.41, 5.74) is 12.7. The second-order valence-corrected chi connectivity index (χ2v) is 11.2. The number of hydrogen-bond acceptors (Lipinski definition) is 6. The highest BCUT2D eigenvalue weighted by atomic mass is 15.2. The van der Waals surface area contributed by atoms with E-state index < -0.39 is 5.54 Å². The van der Waals surface area contributed by atoms with Crippen molar-refractivity contribution in [1.82, 2.24) is 25.5 Å². The number of fused-ring (bicyclic) bond motifs is 1. The summed E-state index contributed by atoms with van der Waals surface area (Å²) < 4.78 is 0. The summed E-state index contributed by atoms with van der Waals surface area (Å²) in [7, 11) is 0. The Bertz CT molecular complexity index is 1180. The molecule has 37 heavy (non-hydrogen) atoms. The summed E-state index contributed by atoms with van der Waals surface area (Å²) in [5.74, 6) is 2.05. The van der Waals surface area contributed by atoms with Crippen molar-refractivity contribution in [3.05, 3.63) is 59.2 Å². The number of benzene rings is 1. The third-order valence-corrected chi connectivity index (χ3v) is 8.74. The predicted molar refractivity (Wildman–Crippen MR) is 148 cm³/mol. The van der Waals surface area contributed by atoms with Gasteiger partial charge in [-0.15, -0.1) is 0 Å². The van der Waals surface area contributed by atoms with Gasteiger partial charge in [-0.1, -0.05) is 49.6 Å². The number of aryl methyl sites for hydroxylation is 1. The number of hydrogen-bond donors (Lipinski definition) is 3. The highest BCUT2D eigenvalue weighted by molar-refractivity contribution is 5.62. The Kier molecular flexibility index (Phi) is 7.25. The number of nitrogens with zero attached hydrogens (tertiary/aromatic N) is 4. The molecular weight excluding hydrogens is 458 g/mol. The van der Waals surface area contributed by atoms with Gasteiger partial charge in [0.15, 0.2) is 5.82 Å². The molecule has 1 aromatic carbocycles. The van der Waals surface area contributed by atoms with Gasteiger partial charge in [0.2, 0.25) is 0 Å². The van der Waals surface area contributed by atoms with Crippen LogP contribution in [0.1, 0.15) is 86.9 Å². The van der Waals surface area contributed by atoms with Crippen molar-refractivity contribution in [1.29, 1.82) is 0 Å². The largest absolute Gasteiger partial charge is 0.356 e. The van der Waals surface area contributed by atoms with E-state index in [0.29, 0.717) is 6.54 Å². The van der Waals surface area contributed by atoms with Crippen LogP contribution in [0.2, 0.25) is 0 Å². The molecule has 3 heterocycles. The van der Waals surface area contributed by atoms with Crippen LogP contribution < -0.4 is 16.0 Å². The lowest BCUT2D eigenvalue weighted by Crippen LogP contribution is -2.52. The van der Waals surface area contributed by atoms with Gasteiger partial charge in [-0.3, -0.25) is 5.10 Å². The molecule has 2 atom stereocenters. The molecule has 2 aliphatic carbocycles. The topological polar surface area (TPSA) is 95.7 Å². The molecule has 7 heteroatoms. The van der Waals surface area contributed by atoms with Gasteiger partial charge in [-0.05, 0) is 57.8 Å². The third kappa shape index (κ3) is 5.04. The van der Waals surface area contributed by atoms with Gasteiger partial charge in [-0.2, -0.15) is 5.10 Å². The highest BCUT2D eigenvalue weighted by Gasteiger charge is 2.44. The molecule has 0 spiro atoms. The molecule has 6 rings (SSSR count). The molecule has 196 valence electrons. The Morgan fingerprint density at radius 2 is 1.73 bits per heavy atom. The molecule has 1 saturated carbocycles. The molecular formula is C30H41N7. The van der Waals surface area contributed by atoms with E-state index >= 15 is 0 Å². The smallest absolute Gasteiger partial charge is 0.152 e. The first-order valence-electron chi connectivity index (χ1n) is 14.5. The molecule has 2 unspecified atom stereocenters. The van der Waals surface area contributed by atoms with Crippen LogP contribution in [-0.4, -0.2) is 39.3 Å². The molecule has 2 aromatic heterocycles. The van der Waals surface area contributed by atoms with Gasteiger partial charge in [0.05, 0.1) is 11.2 Å². The van der Waals surface area contributed by atoms with Crippen molar-refractivity contribution in [2.45, 2.75) is 95.2 Å². The van der Waals surface area contributed by atoms with E-state index in [-0.39, 0.29) is 6.04 Å². The van der Waals surface area contributed by atoms with Gasteiger partial charge >= 0.3 is 0 Å². The van der Waals surface area contributed by atoms with E-state index in [1.54, 1.807) is 0 Å². The summed E-state index contributed by atoms with van der Waals surface area (Å²) in [4.78, 5) is 13.1. The fourth-order valence-electron chi connectivity index (χ4n) is 6.61. The second-order valence-electron chi connectivity index (χ2n) is 11.2. The minimum Gasteiger partial charge on any atom is -0.356 e. The minimum absolute atomic E-state index is 0.131. The molecule has 3 aromatic rings. The van der Waals surface area contributed by atoms with E-state index in [1.807, 2.05) is 12.3 Å². The molecule has 0 amide bonds. The maximum atomic E-state index is 7.29. The van der Waals surface area contributed by atoms with E-state index in [4.69, 9.17) is 15.7 Å². The molecule has 1 saturated heterocycles. The molecule has 4 N–H and O–H groups in total. The average molecular weight is 500 g/mol. The Morgan fingerprint density at radius 1 is 0.946 bits per heavy atom. The zero-order chi connectivity index (χ0) is 25.1. The summed E-state index contributed by atoms with van der Waals surface area (Å²) in [6, 6.07) is 10.5. The van der Waals surface area contributed by atoms with Crippen molar-refractivity contribution in [2.75, 3.05) is 18.0 Å². The standard InChI is InChI=1S/C30H41N7/c31-30(17-11-16-26(30)32-20-23-21-33-36-27(23)22-12-5-3-6-13-22)29-34-25-15-8-4-7-14-24(25)28(35-29)37-18-9-1-2-10-19-37/h3,5-6,12-13,21,26,32H,1-2,4,7-11,14-20,31H2,(H,33,36). The number of nitrogens with one attached hydrogen (secondary N) is 2. The quantitative estimate of drug-likeness (QED) is 0.413. The maximum absolute atomic E-state index is 7.29. The second kappa shape index (κ2) is 10.9. The molecule has 2 fully saturated rings. The third-order valence-electron chi connectivity index (χ3n) is 8.74. The van der Waals surface area contributed by atoms with Crippen LogP contribution in [0.4, 0.5) is 5.82 Å². The molecule has 3 aliphatic rings. The first-order chi connectivity index (χ1) is 18.2. The molecule has 0 radical (unpaired) electrons. The van der Waals surface area contributed by atoms with Crippen LogP contribution in [0.3, 0.4) is 0 Å². The van der Waals surface area contributed by atoms with Crippen LogP contribution in [0.15, 0.2) is 36.5 Å². The summed E-state index contributed by atoms with van der Waals surface area (Å²) >= 11 is 0. The molecule has 0 bridgehead atoms. The van der Waals surface area contributed by atoms with Crippen molar-refractivity contribution >= 4 is 5.82 Å². The summed E-state index contributed by atoms with van der Waals surface area (Å²) in [5, 5.41) is 11.4. The van der Waals surface area contributed by atoms with Gasteiger partial charge in [0.25, 0.3) is 0 Å². The number of anilines is 1. The zero-order valence-corrected chi connectivity index (χ0v) is 22.0. The lowest BCUT2D eigenvalue weighted by atomic mass is 9.92. The maximum Gasteiger partial charge on any atom is 0.152 e. The predicted octanol–water partition coefficient (Wildman–Crippen LogP) is 5.01. The van der Waals surface area contributed by atoms with Crippen LogP contribution in [-0.2, 0) is 24.9 Å². The Balaban J connectivity index is 1.29. The van der Waals surface area contributed by atoms with Crippen LogP contribution in [0, 0.1) is 0 Å². The van der Waals surface area contributed by atoms with Crippen molar-refractivity contribution in [3.8, 4) is 11.3 Å². The fraction of sp³-hybridized carbons (Fsp3) is 0.567. The Morgan fingerprint density at radius 3 is 2.57 bits per heavy atom. The van der Waals surface area contributed by atoms with E-state index in [0.717, 1.165) is 67.8 Å². The van der Waals surface area contributed by atoms with Crippen LogP contribution >= 0.6 is 0 Å². The number of nitrogens with two attached hydrogens (primary N) is 1. The van der Waals surface area contributed by atoms with Crippen molar-refractivity contribution in [3.63, 3.8) is 0 Å². The Labute approximate surface area is 220 Å². The molecule has 7 nitrogen and oxygen atoms in total. The van der Waals surface area contributed by atoms with Crippen molar-refractivity contribution in [2.24, 2.45) is 5.73 Å². The average Bonchev–Trinajstić information content (AvgIpc) is 3.34. The first-order valence-corrected chi connectivity index (χ1v) is 14.5. The van der Waals surface area contributed by atoms with Gasteiger partial charge in [0, 0.05) is 54.3 Å². The fourth-order valence-corrected chi connectivity index (χ4v) is 6.61. The van der Waals surface area contributed by atoms with Gasteiger partial charge in [0.1, 0.15) is 5.82 Å². The van der Waals surface area contributed by atoms with E-state index in [2.05, 4.69) is 44.7 Å². The number of H-pyrrole nitrogens is 1. The highest BCUT2D eigenvalue weighted by Crippen LogP contribution is 2.38. The minimum atomic E-state index is -0.557. The zero-order valence-electron chi connectivity index (χ0n) is 22.0. The van der Waals surface area contributed by atoms with Crippen molar-refractivity contribution < 1.29 is 0 Å². The van der Waals surface area contributed by atoms with Crippen LogP contribution in [0.25, 0.3) is 11.3 Å². The van der Waals surface area contributed by atoms with Gasteiger partial charge < -0.3 is 16.0 Å². The monoisotopic (exact) mass is 499 g/mol. The lowest BCUT2D eigenvalue weighted by Gasteiger charge is -2.33. The summed E-state index contributed by atoms with van der Waals surface area (Å²) in [6.07, 6.45) is 16.1. The number of aromatic nitrogens is 4. The van der Waals surface area contributed by atoms with E-state index in [1.165, 1.54) is 62.0 Å². The van der Waals surface area contributed by atoms with E-state index in [9.17, 15) is 0 Å². The van der Waals surface area contributed by atoms with Gasteiger partial charge in [-0.25, -0.2) is 9.97 Å². The SMILES string of the molecule is NC1(c2nc3c(c(N4CCCCCC4)n2)CCCCC3)CCCC1NCc1c[nH]nc1-c1ccccc1. The Hall–Kier alpha value is -2.77. The lowest BCUT2D eigenvalue weighted by molar-refractivity contribution is 0.324. The first kappa shape index (κ1) is 24.6. The number of aromatic amines is 1. The molecule has 1 aliphatic heterocycles. The normalized spacial score (nSPS) is 24.5. The van der Waals surface area contributed by atoms with Crippen LogP contribution in [0.5, 0.6) is 0 Å². The number of rotatable bonds is 6.